The van der Waals surface area contributed by atoms with Crippen molar-refractivity contribution in [1.29, 1.82) is 0 Å². The number of benzene rings is 1. The molecule has 1 amide bonds. The van der Waals surface area contributed by atoms with Gasteiger partial charge in [0.1, 0.15) is 11.5 Å². The van der Waals surface area contributed by atoms with E-state index in [1.807, 2.05) is 17.9 Å². The zero-order chi connectivity index (χ0) is 20.5. The third-order valence-electron chi connectivity index (χ3n) is 5.60. The third kappa shape index (κ3) is 3.92. The molecule has 152 valence electrons. The molecular weight excluding hydrogens is 435 g/mol. The number of hydrogen-bond acceptors (Lipinski definition) is 3. The van der Waals surface area contributed by atoms with Crippen LogP contribution >= 0.6 is 15.9 Å². The van der Waals surface area contributed by atoms with Crippen LogP contribution in [0.15, 0.2) is 34.8 Å². The predicted molar refractivity (Wildman–Crippen MR) is 114 cm³/mol. The second-order valence-corrected chi connectivity index (χ2v) is 8.52. The fourth-order valence-corrected chi connectivity index (χ4v) is 4.28. The molecule has 4 rings (SSSR count). The molecule has 2 aromatic heterocycles. The topological polar surface area (TPSA) is 50.5 Å². The van der Waals surface area contributed by atoms with Crippen molar-refractivity contribution < 1.29 is 9.18 Å². The van der Waals surface area contributed by atoms with E-state index in [4.69, 9.17) is 0 Å². The van der Waals surface area contributed by atoms with E-state index in [0.29, 0.717) is 33.5 Å². The van der Waals surface area contributed by atoms with Gasteiger partial charge in [0.15, 0.2) is 5.65 Å². The Balaban J connectivity index is 1.76. The van der Waals surface area contributed by atoms with Crippen LogP contribution in [-0.2, 0) is 6.42 Å². The number of aromatic nitrogens is 3. The fraction of sp³-hybridized carbons (Fsp3) is 0.409. The minimum absolute atomic E-state index is 0.0332. The summed E-state index contributed by atoms with van der Waals surface area (Å²) >= 11 is 3.28. The van der Waals surface area contributed by atoms with Crippen molar-refractivity contribution in [2.24, 2.45) is 0 Å². The molecular formula is C22H24BrFN4O. The summed E-state index contributed by atoms with van der Waals surface area (Å²) in [7, 11) is 0. The summed E-state index contributed by atoms with van der Waals surface area (Å²) in [4.78, 5) is 19.7. The largest absolute Gasteiger partial charge is 0.335 e. The van der Waals surface area contributed by atoms with Gasteiger partial charge >= 0.3 is 0 Å². The predicted octanol–water partition coefficient (Wildman–Crippen LogP) is 5.27. The summed E-state index contributed by atoms with van der Waals surface area (Å²) in [6, 6.07) is 8.67. The Morgan fingerprint density at radius 1 is 1.24 bits per heavy atom. The third-order valence-corrected chi connectivity index (χ3v) is 6.10. The standard InChI is InChI=1S/C22H24BrFN4O/c1-3-16-12-20(22(29)27-10-6-4-5-7-14(27)2)25-21-13-19(26-28(16)21)17-9-8-15(23)11-18(17)24/h8-9,11-14H,3-7,10H2,1-2H3/t14-/m1/s1. The number of likely N-dealkylation sites (tertiary alicyclic amines) is 1. The molecule has 0 N–H and O–H groups in total. The molecule has 0 spiro atoms. The molecule has 1 aliphatic heterocycles. The van der Waals surface area contributed by atoms with Crippen molar-refractivity contribution >= 4 is 27.5 Å². The van der Waals surface area contributed by atoms with Gasteiger partial charge < -0.3 is 4.90 Å². The maximum Gasteiger partial charge on any atom is 0.272 e. The summed E-state index contributed by atoms with van der Waals surface area (Å²) in [6.07, 6.45) is 5.06. The van der Waals surface area contributed by atoms with Gasteiger partial charge in [-0.25, -0.2) is 13.9 Å². The number of rotatable bonds is 3. The molecule has 5 nitrogen and oxygen atoms in total. The Labute approximate surface area is 178 Å². The number of fused-ring (bicyclic) bond motifs is 1. The van der Waals surface area contributed by atoms with E-state index in [1.54, 1.807) is 22.7 Å². The van der Waals surface area contributed by atoms with E-state index in [2.05, 4.69) is 32.9 Å². The van der Waals surface area contributed by atoms with Gasteiger partial charge in [-0.15, -0.1) is 0 Å². The van der Waals surface area contributed by atoms with Gasteiger partial charge in [-0.05, 0) is 50.5 Å². The molecule has 0 radical (unpaired) electrons. The van der Waals surface area contributed by atoms with Crippen molar-refractivity contribution in [3.8, 4) is 11.3 Å². The van der Waals surface area contributed by atoms with E-state index in [1.165, 1.54) is 6.07 Å². The van der Waals surface area contributed by atoms with Crippen LogP contribution in [0.25, 0.3) is 16.9 Å². The molecule has 1 saturated heterocycles. The molecule has 0 unspecified atom stereocenters. The van der Waals surface area contributed by atoms with Crippen LogP contribution in [0.4, 0.5) is 4.39 Å². The van der Waals surface area contributed by atoms with Crippen LogP contribution in [-0.4, -0.2) is 38.0 Å². The number of amides is 1. The highest BCUT2D eigenvalue weighted by Crippen LogP contribution is 2.26. The molecule has 0 aliphatic carbocycles. The molecule has 0 saturated carbocycles. The zero-order valence-corrected chi connectivity index (χ0v) is 18.2. The fourth-order valence-electron chi connectivity index (χ4n) is 3.95. The van der Waals surface area contributed by atoms with E-state index >= 15 is 0 Å². The first-order valence-corrected chi connectivity index (χ1v) is 10.9. The Bertz CT molecular complexity index is 1060. The lowest BCUT2D eigenvalue weighted by Crippen LogP contribution is -2.38. The van der Waals surface area contributed by atoms with Crippen LogP contribution in [0, 0.1) is 5.82 Å². The van der Waals surface area contributed by atoms with Gasteiger partial charge in [0, 0.05) is 34.4 Å². The van der Waals surface area contributed by atoms with Crippen LogP contribution in [0.5, 0.6) is 0 Å². The number of nitrogens with zero attached hydrogens (tertiary/aromatic N) is 4. The van der Waals surface area contributed by atoms with E-state index in [9.17, 15) is 9.18 Å². The monoisotopic (exact) mass is 458 g/mol. The lowest BCUT2D eigenvalue weighted by molar-refractivity contribution is 0.0692. The Morgan fingerprint density at radius 2 is 2.07 bits per heavy atom. The first kappa shape index (κ1) is 20.0. The molecule has 29 heavy (non-hydrogen) atoms. The molecule has 3 aromatic rings. The average Bonchev–Trinajstić information content (AvgIpc) is 3.01. The van der Waals surface area contributed by atoms with Crippen molar-refractivity contribution in [3.63, 3.8) is 0 Å². The van der Waals surface area contributed by atoms with Crippen LogP contribution in [0.2, 0.25) is 0 Å². The number of hydrogen-bond donors (Lipinski definition) is 0. The van der Waals surface area contributed by atoms with Gasteiger partial charge in [0.05, 0.1) is 5.69 Å². The highest BCUT2D eigenvalue weighted by Gasteiger charge is 2.25. The van der Waals surface area contributed by atoms with Gasteiger partial charge in [0.25, 0.3) is 5.91 Å². The quantitative estimate of drug-likeness (QED) is 0.537. The molecule has 1 atom stereocenters. The van der Waals surface area contributed by atoms with Gasteiger partial charge in [-0.1, -0.05) is 35.7 Å². The normalized spacial score (nSPS) is 17.5. The molecule has 1 aromatic carbocycles. The Hall–Kier alpha value is -2.28. The Kier molecular flexibility index (Phi) is 5.67. The zero-order valence-electron chi connectivity index (χ0n) is 16.7. The van der Waals surface area contributed by atoms with Crippen molar-refractivity contribution in [1.82, 2.24) is 19.5 Å². The highest BCUT2D eigenvalue weighted by atomic mass is 79.9. The average molecular weight is 459 g/mol. The van der Waals surface area contributed by atoms with Gasteiger partial charge in [-0.2, -0.15) is 5.10 Å². The minimum atomic E-state index is -0.351. The summed E-state index contributed by atoms with van der Waals surface area (Å²) in [5.41, 5.74) is 2.79. The highest BCUT2D eigenvalue weighted by molar-refractivity contribution is 9.10. The van der Waals surface area contributed by atoms with E-state index < -0.39 is 0 Å². The number of halogens is 2. The maximum atomic E-state index is 14.4. The van der Waals surface area contributed by atoms with Crippen molar-refractivity contribution in [3.05, 3.63) is 52.0 Å². The first-order chi connectivity index (χ1) is 14.0. The molecule has 3 heterocycles. The number of carbonyl (C=O) groups excluding carboxylic acids is 1. The summed E-state index contributed by atoms with van der Waals surface area (Å²) in [5, 5.41) is 4.56. The lowest BCUT2D eigenvalue weighted by Gasteiger charge is -2.27. The summed E-state index contributed by atoms with van der Waals surface area (Å²) < 4.78 is 16.8. The van der Waals surface area contributed by atoms with Crippen molar-refractivity contribution in [2.45, 2.75) is 52.0 Å². The van der Waals surface area contributed by atoms with Crippen LogP contribution in [0.3, 0.4) is 0 Å². The van der Waals surface area contributed by atoms with Crippen LogP contribution in [0.1, 0.15) is 55.7 Å². The molecule has 1 fully saturated rings. The molecule has 7 heteroatoms. The summed E-state index contributed by atoms with van der Waals surface area (Å²) in [6.45, 7) is 4.89. The second kappa shape index (κ2) is 8.22. The van der Waals surface area contributed by atoms with Gasteiger partial charge in [-0.3, -0.25) is 4.79 Å². The SMILES string of the molecule is CCc1cc(C(=O)N2CCCCC[C@H]2C)nc2cc(-c3ccc(Br)cc3F)nn12. The summed E-state index contributed by atoms with van der Waals surface area (Å²) in [5.74, 6) is -0.385. The number of carbonyl (C=O) groups is 1. The van der Waals surface area contributed by atoms with E-state index in [-0.39, 0.29) is 17.8 Å². The lowest BCUT2D eigenvalue weighted by atomic mass is 10.1. The maximum absolute atomic E-state index is 14.4. The second-order valence-electron chi connectivity index (χ2n) is 7.61. The van der Waals surface area contributed by atoms with Crippen LogP contribution < -0.4 is 0 Å². The smallest absolute Gasteiger partial charge is 0.272 e. The molecule has 1 aliphatic rings. The first-order valence-electron chi connectivity index (χ1n) is 10.1. The van der Waals surface area contributed by atoms with E-state index in [0.717, 1.165) is 37.9 Å². The Morgan fingerprint density at radius 3 is 2.83 bits per heavy atom. The molecule has 0 bridgehead atoms. The van der Waals surface area contributed by atoms with Crippen molar-refractivity contribution in [2.75, 3.05) is 6.54 Å². The van der Waals surface area contributed by atoms with Gasteiger partial charge in [0.2, 0.25) is 0 Å². The number of aryl methyl sites for hydroxylation is 1. The minimum Gasteiger partial charge on any atom is -0.335 e.